The lowest BCUT2D eigenvalue weighted by Gasteiger charge is -2.06. The van der Waals surface area contributed by atoms with E-state index in [0.717, 1.165) is 0 Å². The summed E-state index contributed by atoms with van der Waals surface area (Å²) in [6, 6.07) is 8.07. The monoisotopic (exact) mass is 378 g/mol. The van der Waals surface area contributed by atoms with Crippen LogP contribution in [0.4, 0.5) is 11.4 Å². The molecule has 0 atom stereocenters. The van der Waals surface area contributed by atoms with Crippen LogP contribution in [0.5, 0.6) is 0 Å². The van der Waals surface area contributed by atoms with E-state index in [1.165, 1.54) is 0 Å². The van der Waals surface area contributed by atoms with Gasteiger partial charge in [-0.15, -0.1) is 0 Å². The molecule has 3 rings (SSSR count). The van der Waals surface area contributed by atoms with Crippen LogP contribution in [0.3, 0.4) is 0 Å². The fraction of sp³-hybridized carbons (Fsp3) is 0. The molecule has 134 valence electrons. The predicted octanol–water partition coefficient (Wildman–Crippen LogP) is 2.54. The van der Waals surface area contributed by atoms with E-state index < -0.39 is 32.8 Å². The maximum atomic E-state index is 11.2. The number of oxazole rings is 1. The van der Waals surface area contributed by atoms with E-state index in [1.54, 1.807) is 24.3 Å². The van der Waals surface area contributed by atoms with Crippen LogP contribution < -0.4 is 11.3 Å². The van der Waals surface area contributed by atoms with Gasteiger partial charge in [-0.25, -0.2) is 4.98 Å². The zero-order valence-electron chi connectivity index (χ0n) is 13.1. The van der Waals surface area contributed by atoms with Crippen LogP contribution in [0.1, 0.15) is 10.4 Å². The van der Waals surface area contributed by atoms with Gasteiger partial charge < -0.3 is 20.5 Å². The van der Waals surface area contributed by atoms with Crippen molar-refractivity contribution in [2.75, 3.05) is 0 Å². The van der Waals surface area contributed by atoms with Crippen molar-refractivity contribution in [2.45, 2.75) is 10.1 Å². The summed E-state index contributed by atoms with van der Waals surface area (Å²) >= 11 is 0.569. The number of nitrogens with zero attached hydrogens (tertiary/aromatic N) is 3. The van der Waals surface area contributed by atoms with Crippen LogP contribution in [-0.4, -0.2) is 20.8 Å². The molecule has 0 radical (unpaired) electrons. The van der Waals surface area contributed by atoms with Gasteiger partial charge in [0.15, 0.2) is 10.5 Å². The molecule has 0 saturated heterocycles. The van der Waals surface area contributed by atoms with E-state index in [9.17, 15) is 30.1 Å². The van der Waals surface area contributed by atoms with Gasteiger partial charge in [0, 0.05) is 17.7 Å². The van der Waals surface area contributed by atoms with Crippen LogP contribution in [0.2, 0.25) is 0 Å². The number of quaternary nitrogens is 1. The third-order valence-corrected chi connectivity index (χ3v) is 4.11. The van der Waals surface area contributed by atoms with Gasteiger partial charge >= 0.3 is 0 Å². The van der Waals surface area contributed by atoms with Crippen LogP contribution in [-0.2, 0) is 0 Å². The summed E-state index contributed by atoms with van der Waals surface area (Å²) in [4.78, 5) is 35.3. The molecule has 4 N–H and O–H groups in total. The lowest BCUT2D eigenvalue weighted by molar-refractivity contribution is -0.399. The summed E-state index contributed by atoms with van der Waals surface area (Å²) in [6.45, 7) is 0. The minimum absolute atomic E-state index is 0. The number of hydrogen-bond donors (Lipinski definition) is 1. The standard InChI is InChI=1S/C14H7N3O7S.H3N/c18-13(19)7-5-9(16(20)21)12(10(6-7)17(22)23)25-14-15-8-3-1-2-4-11(8)24-14;/h1-6H,(H,18,19);1H3. The van der Waals surface area contributed by atoms with Crippen LogP contribution in [0.25, 0.3) is 11.1 Å². The third-order valence-electron chi connectivity index (χ3n) is 3.14. The first-order valence-electron chi connectivity index (χ1n) is 6.58. The average Bonchev–Trinajstić information content (AvgIpc) is 2.96. The highest BCUT2D eigenvalue weighted by atomic mass is 32.2. The Hall–Kier alpha value is -3.51. The van der Waals surface area contributed by atoms with Crippen molar-refractivity contribution >= 4 is 40.2 Å². The van der Waals surface area contributed by atoms with Gasteiger partial charge in [-0.05, 0) is 23.9 Å². The molecule has 0 bridgehead atoms. The van der Waals surface area contributed by atoms with E-state index in [0.29, 0.717) is 35.0 Å². The van der Waals surface area contributed by atoms with E-state index in [1.807, 2.05) is 0 Å². The quantitative estimate of drug-likeness (QED) is 0.513. The molecular formula is C14H10N4O7S. The highest BCUT2D eigenvalue weighted by molar-refractivity contribution is 7.99. The number of nitro groups is 2. The number of hydrogen-bond acceptors (Lipinski definition) is 9. The van der Waals surface area contributed by atoms with E-state index in [4.69, 9.17) is 4.42 Å². The first kappa shape index (κ1) is 18.8. The first-order valence-corrected chi connectivity index (χ1v) is 7.40. The van der Waals surface area contributed by atoms with Crippen molar-refractivity contribution in [3.63, 3.8) is 0 Å². The van der Waals surface area contributed by atoms with E-state index >= 15 is 0 Å². The highest BCUT2D eigenvalue weighted by Crippen LogP contribution is 2.42. The van der Waals surface area contributed by atoms with Gasteiger partial charge in [0.1, 0.15) is 5.52 Å². The minimum atomic E-state index is -1.76. The first-order chi connectivity index (χ1) is 11.9. The predicted molar refractivity (Wildman–Crippen MR) is 88.2 cm³/mol. The number of benzene rings is 2. The van der Waals surface area contributed by atoms with Gasteiger partial charge in [0.25, 0.3) is 16.6 Å². The number of carboxylic acids is 1. The second-order valence-corrected chi connectivity index (χ2v) is 5.66. The van der Waals surface area contributed by atoms with Crippen molar-refractivity contribution in [1.29, 1.82) is 0 Å². The lowest BCUT2D eigenvalue weighted by atomic mass is 10.2. The number of carboxylic acid groups (broad SMARTS) is 1. The van der Waals surface area contributed by atoms with Gasteiger partial charge in [-0.2, -0.15) is 0 Å². The van der Waals surface area contributed by atoms with Crippen molar-refractivity contribution in [3.8, 4) is 0 Å². The number of rotatable bonds is 5. The molecule has 12 heteroatoms. The third kappa shape index (κ3) is 3.45. The Morgan fingerprint density at radius 2 is 1.65 bits per heavy atom. The van der Waals surface area contributed by atoms with Gasteiger partial charge in [0.05, 0.1) is 15.8 Å². The highest BCUT2D eigenvalue weighted by Gasteiger charge is 2.29. The Labute approximate surface area is 148 Å². The molecule has 0 aliphatic heterocycles. The SMILES string of the molecule is O=C([O-])c1cc([N+](=O)[O-])c(Sc2nc3ccccc3o2)c([N+](=O)[O-])c1.[NH4+]. The molecule has 3 aromatic rings. The summed E-state index contributed by atoms with van der Waals surface area (Å²) < 4.78 is 5.40. The van der Waals surface area contributed by atoms with Crippen molar-refractivity contribution < 1.29 is 24.2 Å². The minimum Gasteiger partial charge on any atom is -0.545 e. The Kier molecular flexibility index (Phi) is 5.19. The molecule has 2 aromatic carbocycles. The molecule has 11 nitrogen and oxygen atoms in total. The van der Waals surface area contributed by atoms with Gasteiger partial charge in [-0.1, -0.05) is 12.1 Å². The van der Waals surface area contributed by atoms with Crippen molar-refractivity contribution in [1.82, 2.24) is 11.1 Å². The number of fused-ring (bicyclic) bond motifs is 1. The summed E-state index contributed by atoms with van der Waals surface area (Å²) in [5, 5.41) is 33.4. The molecule has 1 heterocycles. The number of carbonyl (C=O) groups excluding carboxylic acids is 1. The molecule has 0 unspecified atom stereocenters. The number of nitro benzene ring substituents is 2. The molecule has 26 heavy (non-hydrogen) atoms. The van der Waals surface area contributed by atoms with Gasteiger partial charge in [0.2, 0.25) is 0 Å². The molecule has 0 amide bonds. The fourth-order valence-electron chi connectivity index (χ4n) is 2.07. The molecular weight excluding hydrogens is 368 g/mol. The number of aromatic carboxylic acids is 1. The molecule has 0 saturated carbocycles. The summed E-state index contributed by atoms with van der Waals surface area (Å²) in [6.07, 6.45) is 0. The zero-order valence-corrected chi connectivity index (χ0v) is 13.9. The Morgan fingerprint density at radius 1 is 1.08 bits per heavy atom. The Morgan fingerprint density at radius 3 is 2.15 bits per heavy atom. The smallest absolute Gasteiger partial charge is 0.291 e. The van der Waals surface area contributed by atoms with Crippen molar-refractivity contribution in [3.05, 3.63) is 62.2 Å². The normalized spacial score (nSPS) is 10.3. The molecule has 0 spiro atoms. The topological polar surface area (TPSA) is 189 Å². The Balaban J connectivity index is 0.00000243. The van der Waals surface area contributed by atoms with Crippen molar-refractivity contribution in [2.24, 2.45) is 0 Å². The molecule has 0 aliphatic rings. The summed E-state index contributed by atoms with van der Waals surface area (Å²) in [5.74, 6) is -1.76. The summed E-state index contributed by atoms with van der Waals surface area (Å²) in [7, 11) is 0. The number of para-hydroxylation sites is 2. The number of carbonyl (C=O) groups is 1. The summed E-state index contributed by atoms with van der Waals surface area (Å²) in [5.41, 5.74) is -1.29. The Bertz CT molecular complexity index is 965. The van der Waals surface area contributed by atoms with Gasteiger partial charge in [-0.3, -0.25) is 20.2 Å². The maximum Gasteiger partial charge on any atom is 0.291 e. The second kappa shape index (κ2) is 7.16. The molecule has 0 aliphatic carbocycles. The van der Waals surface area contributed by atoms with E-state index in [2.05, 4.69) is 4.98 Å². The van der Waals surface area contributed by atoms with Crippen LogP contribution in [0, 0.1) is 20.2 Å². The molecule has 0 fully saturated rings. The second-order valence-electron chi connectivity index (χ2n) is 4.69. The van der Waals surface area contributed by atoms with Crippen LogP contribution in [0.15, 0.2) is 50.9 Å². The lowest BCUT2D eigenvalue weighted by Crippen LogP contribution is -2.22. The zero-order chi connectivity index (χ0) is 18.1. The van der Waals surface area contributed by atoms with Crippen LogP contribution >= 0.6 is 11.8 Å². The fourth-order valence-corrected chi connectivity index (χ4v) is 3.00. The molecule has 1 aromatic heterocycles. The largest absolute Gasteiger partial charge is 0.545 e. The number of aromatic nitrogens is 1. The maximum absolute atomic E-state index is 11.2. The van der Waals surface area contributed by atoms with E-state index in [-0.39, 0.29) is 16.3 Å². The average molecular weight is 378 g/mol.